The third-order valence-corrected chi connectivity index (χ3v) is 3.62. The number of likely N-dealkylation sites (tertiary alicyclic amines) is 1. The Kier molecular flexibility index (Phi) is 5.38. The Morgan fingerprint density at radius 3 is 2.85 bits per heavy atom. The smallest absolute Gasteiger partial charge is 0.407 e. The number of rotatable bonds is 5. The molecule has 0 saturated carbocycles. The predicted octanol–water partition coefficient (Wildman–Crippen LogP) is 1.93. The molecule has 2 rings (SSSR count). The van der Waals surface area contributed by atoms with Gasteiger partial charge in [-0.25, -0.2) is 4.79 Å². The lowest BCUT2D eigenvalue weighted by atomic mass is 10.0. The summed E-state index contributed by atoms with van der Waals surface area (Å²) in [6.45, 7) is 4.32. The Morgan fingerprint density at radius 1 is 1.45 bits per heavy atom. The second kappa shape index (κ2) is 7.26. The number of amides is 1. The van der Waals surface area contributed by atoms with Crippen LogP contribution < -0.4 is 5.32 Å². The van der Waals surface area contributed by atoms with Gasteiger partial charge in [-0.3, -0.25) is 0 Å². The number of hydrogen-bond acceptors (Lipinski definition) is 3. The fourth-order valence-corrected chi connectivity index (χ4v) is 2.55. The summed E-state index contributed by atoms with van der Waals surface area (Å²) in [6.07, 6.45) is -0.158. The van der Waals surface area contributed by atoms with E-state index in [2.05, 4.69) is 17.4 Å². The highest BCUT2D eigenvalue weighted by molar-refractivity contribution is 5.65. The molecule has 2 N–H and O–H groups in total. The van der Waals surface area contributed by atoms with Crippen LogP contribution in [-0.2, 0) is 11.3 Å². The molecule has 0 aromatic heterocycles. The highest BCUT2D eigenvalue weighted by Gasteiger charge is 2.31. The highest BCUT2D eigenvalue weighted by atomic mass is 16.5. The van der Waals surface area contributed by atoms with Crippen molar-refractivity contribution in [2.24, 2.45) is 0 Å². The van der Waals surface area contributed by atoms with Crippen molar-refractivity contribution in [1.82, 2.24) is 10.2 Å². The number of benzene rings is 1. The first-order valence-electron chi connectivity index (χ1n) is 7.07. The van der Waals surface area contributed by atoms with Crippen molar-refractivity contribution in [2.75, 3.05) is 19.7 Å². The number of nitrogens with zero attached hydrogens (tertiary/aromatic N) is 1. The van der Waals surface area contributed by atoms with Crippen LogP contribution in [0.2, 0.25) is 0 Å². The Bertz CT molecular complexity index is 424. The SMILES string of the molecule is CCO[C@@H]1CN(C(=O)O)CC[C@@H]1NCc1ccccc1. The summed E-state index contributed by atoms with van der Waals surface area (Å²) in [5.41, 5.74) is 1.23. The van der Waals surface area contributed by atoms with E-state index in [0.29, 0.717) is 19.7 Å². The van der Waals surface area contributed by atoms with E-state index < -0.39 is 6.09 Å². The van der Waals surface area contributed by atoms with E-state index >= 15 is 0 Å². The van der Waals surface area contributed by atoms with Gasteiger partial charge in [0.05, 0.1) is 12.6 Å². The summed E-state index contributed by atoms with van der Waals surface area (Å²) in [7, 11) is 0. The molecule has 5 heteroatoms. The lowest BCUT2D eigenvalue weighted by molar-refractivity contribution is -0.0127. The van der Waals surface area contributed by atoms with Gasteiger partial charge in [-0.05, 0) is 18.9 Å². The summed E-state index contributed by atoms with van der Waals surface area (Å²) >= 11 is 0. The molecule has 1 aromatic carbocycles. The highest BCUT2D eigenvalue weighted by Crippen LogP contribution is 2.15. The normalized spacial score (nSPS) is 22.8. The van der Waals surface area contributed by atoms with Crippen molar-refractivity contribution < 1.29 is 14.6 Å². The first-order chi connectivity index (χ1) is 9.70. The van der Waals surface area contributed by atoms with E-state index in [1.807, 2.05) is 25.1 Å². The average Bonchev–Trinajstić information content (AvgIpc) is 2.47. The van der Waals surface area contributed by atoms with Gasteiger partial charge in [-0.2, -0.15) is 0 Å². The number of carbonyl (C=O) groups is 1. The summed E-state index contributed by atoms with van der Waals surface area (Å²) in [6, 6.07) is 10.4. The molecule has 1 aliphatic rings. The van der Waals surface area contributed by atoms with Crippen LogP contribution in [0.1, 0.15) is 18.9 Å². The van der Waals surface area contributed by atoms with Crippen molar-refractivity contribution in [3.05, 3.63) is 35.9 Å². The number of hydrogen-bond donors (Lipinski definition) is 2. The quantitative estimate of drug-likeness (QED) is 0.864. The van der Waals surface area contributed by atoms with Gasteiger partial charge >= 0.3 is 6.09 Å². The molecule has 0 spiro atoms. The van der Waals surface area contributed by atoms with Crippen molar-refractivity contribution in [3.8, 4) is 0 Å². The predicted molar refractivity (Wildman–Crippen MR) is 76.7 cm³/mol. The van der Waals surface area contributed by atoms with Gasteiger partial charge in [0.1, 0.15) is 0 Å². The molecular formula is C15H22N2O3. The maximum absolute atomic E-state index is 11.0. The summed E-state index contributed by atoms with van der Waals surface area (Å²) in [5.74, 6) is 0. The Morgan fingerprint density at radius 2 is 2.20 bits per heavy atom. The van der Waals surface area contributed by atoms with Crippen LogP contribution in [0, 0.1) is 0 Å². The largest absolute Gasteiger partial charge is 0.465 e. The molecule has 1 amide bonds. The second-order valence-electron chi connectivity index (χ2n) is 4.98. The molecule has 2 atom stereocenters. The molecule has 20 heavy (non-hydrogen) atoms. The lowest BCUT2D eigenvalue weighted by Crippen LogP contribution is -2.54. The number of nitrogens with one attached hydrogen (secondary N) is 1. The molecule has 0 radical (unpaired) electrons. The second-order valence-corrected chi connectivity index (χ2v) is 4.98. The summed E-state index contributed by atoms with van der Waals surface area (Å²) in [5, 5.41) is 12.6. The first kappa shape index (κ1) is 14.8. The topological polar surface area (TPSA) is 61.8 Å². The molecule has 1 fully saturated rings. The Labute approximate surface area is 119 Å². The molecule has 0 unspecified atom stereocenters. The monoisotopic (exact) mass is 278 g/mol. The molecule has 1 heterocycles. The average molecular weight is 278 g/mol. The van der Waals surface area contributed by atoms with E-state index in [9.17, 15) is 4.79 Å². The molecule has 1 saturated heterocycles. The van der Waals surface area contributed by atoms with E-state index in [0.717, 1.165) is 13.0 Å². The minimum Gasteiger partial charge on any atom is -0.465 e. The van der Waals surface area contributed by atoms with Gasteiger partial charge in [0.15, 0.2) is 0 Å². The van der Waals surface area contributed by atoms with E-state index in [4.69, 9.17) is 9.84 Å². The van der Waals surface area contributed by atoms with Gasteiger partial charge in [-0.15, -0.1) is 0 Å². The van der Waals surface area contributed by atoms with E-state index in [1.54, 1.807) is 0 Å². The number of piperidine rings is 1. The standard InChI is InChI=1S/C15H22N2O3/c1-2-20-14-11-17(15(18)19)9-8-13(14)16-10-12-6-4-3-5-7-12/h3-7,13-14,16H,2,8-11H2,1H3,(H,18,19)/t13-,14+/m0/s1. The molecule has 0 aliphatic carbocycles. The molecule has 1 aromatic rings. The molecule has 5 nitrogen and oxygen atoms in total. The molecular weight excluding hydrogens is 256 g/mol. The fraction of sp³-hybridized carbons (Fsp3) is 0.533. The van der Waals surface area contributed by atoms with Crippen LogP contribution >= 0.6 is 0 Å². The zero-order valence-corrected chi connectivity index (χ0v) is 11.8. The van der Waals surface area contributed by atoms with Gasteiger partial charge < -0.3 is 20.1 Å². The minimum atomic E-state index is -0.865. The van der Waals surface area contributed by atoms with E-state index in [-0.39, 0.29) is 12.1 Å². The molecule has 110 valence electrons. The van der Waals surface area contributed by atoms with Gasteiger partial charge in [-0.1, -0.05) is 30.3 Å². The zero-order valence-electron chi connectivity index (χ0n) is 11.8. The fourth-order valence-electron chi connectivity index (χ4n) is 2.55. The van der Waals surface area contributed by atoms with Crippen molar-refractivity contribution in [3.63, 3.8) is 0 Å². The van der Waals surface area contributed by atoms with E-state index in [1.165, 1.54) is 10.5 Å². The van der Waals surface area contributed by atoms with Crippen LogP contribution in [0.3, 0.4) is 0 Å². The zero-order chi connectivity index (χ0) is 14.4. The van der Waals surface area contributed by atoms with Crippen LogP contribution in [0.5, 0.6) is 0 Å². The van der Waals surface area contributed by atoms with Gasteiger partial charge in [0.25, 0.3) is 0 Å². The van der Waals surface area contributed by atoms with Crippen molar-refractivity contribution >= 4 is 6.09 Å². The van der Waals surface area contributed by atoms with Crippen LogP contribution in [0.15, 0.2) is 30.3 Å². The summed E-state index contributed by atoms with van der Waals surface area (Å²) in [4.78, 5) is 12.5. The number of ether oxygens (including phenoxy) is 1. The van der Waals surface area contributed by atoms with Crippen LogP contribution in [-0.4, -0.2) is 47.9 Å². The summed E-state index contributed by atoms with van der Waals surface area (Å²) < 4.78 is 5.70. The number of carboxylic acid groups (broad SMARTS) is 1. The van der Waals surface area contributed by atoms with Crippen LogP contribution in [0.4, 0.5) is 4.79 Å². The third-order valence-electron chi connectivity index (χ3n) is 3.62. The first-order valence-corrected chi connectivity index (χ1v) is 7.07. The maximum Gasteiger partial charge on any atom is 0.407 e. The lowest BCUT2D eigenvalue weighted by Gasteiger charge is -2.37. The minimum absolute atomic E-state index is 0.0754. The Hall–Kier alpha value is -1.59. The Balaban J connectivity index is 1.90. The third kappa shape index (κ3) is 3.95. The maximum atomic E-state index is 11.0. The van der Waals surface area contributed by atoms with Gasteiger partial charge in [0.2, 0.25) is 0 Å². The molecule has 1 aliphatic heterocycles. The van der Waals surface area contributed by atoms with Gasteiger partial charge in [0, 0.05) is 25.7 Å². The van der Waals surface area contributed by atoms with Crippen molar-refractivity contribution in [2.45, 2.75) is 32.0 Å². The van der Waals surface area contributed by atoms with Crippen molar-refractivity contribution in [1.29, 1.82) is 0 Å². The molecule has 0 bridgehead atoms. The van der Waals surface area contributed by atoms with Crippen LogP contribution in [0.25, 0.3) is 0 Å².